The van der Waals surface area contributed by atoms with Crippen LogP contribution in [0.5, 0.6) is 0 Å². The fourth-order valence-electron chi connectivity index (χ4n) is 1.77. The van der Waals surface area contributed by atoms with E-state index in [0.717, 1.165) is 0 Å². The Labute approximate surface area is 137 Å². The maximum absolute atomic E-state index is 10.9. The van der Waals surface area contributed by atoms with E-state index in [1.807, 2.05) is 11.2 Å². The Morgan fingerprint density at radius 1 is 1.13 bits per heavy atom. The van der Waals surface area contributed by atoms with Gasteiger partial charge in [0.05, 0.1) is 11.8 Å². The number of thiocarbonyl (C=S) groups is 1. The van der Waals surface area contributed by atoms with Gasteiger partial charge in [-0.15, -0.1) is 0 Å². The summed E-state index contributed by atoms with van der Waals surface area (Å²) in [5.41, 5.74) is 0.532. The molecule has 1 amide bonds. The highest BCUT2D eigenvalue weighted by atomic mass is 32.1. The Kier molecular flexibility index (Phi) is 8.10. The molecule has 1 fully saturated rings. The summed E-state index contributed by atoms with van der Waals surface area (Å²) in [7, 11) is 0. The fraction of sp³-hybridized carbons (Fsp3) is 0.429. The Bertz CT molecular complexity index is 545. The topological polar surface area (TPSA) is 140 Å². The minimum absolute atomic E-state index is 0.347. The van der Waals surface area contributed by atoms with Gasteiger partial charge in [0, 0.05) is 5.56 Å². The van der Waals surface area contributed by atoms with E-state index >= 15 is 0 Å². The Morgan fingerprint density at radius 3 is 2.26 bits per heavy atom. The molecule has 126 valence electrons. The molecule has 8 nitrogen and oxygen atoms in total. The summed E-state index contributed by atoms with van der Waals surface area (Å²) in [6, 6.07) is 8.73. The summed E-state index contributed by atoms with van der Waals surface area (Å²) in [5.74, 6) is -0.347. The number of hydrogen-bond acceptors (Lipinski definition) is 8. The van der Waals surface area contributed by atoms with E-state index in [1.54, 1.807) is 24.3 Å². The third kappa shape index (κ3) is 5.54. The number of carbonyl (C=O) groups excluding carboxylic acids is 1. The van der Waals surface area contributed by atoms with E-state index < -0.39 is 37.3 Å². The molecule has 1 unspecified atom stereocenters. The van der Waals surface area contributed by atoms with Crippen molar-refractivity contribution < 1.29 is 35.1 Å². The lowest BCUT2D eigenvalue weighted by molar-refractivity contribution is -0.286. The van der Waals surface area contributed by atoms with Gasteiger partial charge in [0.15, 0.2) is 6.29 Å². The average molecular weight is 343 g/mol. The first-order valence-electron chi connectivity index (χ1n) is 6.58. The number of benzene rings is 1. The monoisotopic (exact) mass is 343 g/mol. The highest BCUT2D eigenvalue weighted by molar-refractivity contribution is 7.78. The van der Waals surface area contributed by atoms with Gasteiger partial charge in [0.1, 0.15) is 24.4 Å². The molecule has 9 heteroatoms. The first-order valence-corrected chi connectivity index (χ1v) is 6.99. The summed E-state index contributed by atoms with van der Waals surface area (Å²) < 4.78 is 4.58. The van der Waals surface area contributed by atoms with Gasteiger partial charge in [-0.1, -0.05) is 18.2 Å². The number of aliphatic hydroxyl groups is 5. The highest BCUT2D eigenvalue weighted by Gasteiger charge is 2.42. The molecular formula is C14H17NO7S. The number of aliphatic imine (C=N–C) groups is 1. The van der Waals surface area contributed by atoms with Crippen LogP contribution in [0.15, 0.2) is 35.3 Å². The van der Waals surface area contributed by atoms with Gasteiger partial charge in [-0.05, 0) is 24.4 Å². The molecule has 0 radical (unpaired) electrons. The molecule has 0 saturated carbocycles. The van der Waals surface area contributed by atoms with Crippen LogP contribution in [0, 0.1) is 0 Å². The minimum atomic E-state index is -1.57. The number of isothiocyanates is 1. The molecule has 0 bridgehead atoms. The van der Waals surface area contributed by atoms with Crippen molar-refractivity contribution in [2.75, 3.05) is 6.61 Å². The SMILES string of the molecule is O=C(N=C=S)c1ccccc1.OC[C@H]1OC(O)[C@H](O)[C@@H](O)[C@@H]1O. The van der Waals surface area contributed by atoms with Crippen molar-refractivity contribution in [2.45, 2.75) is 30.7 Å². The fourth-order valence-corrected chi connectivity index (χ4v) is 1.85. The van der Waals surface area contributed by atoms with Crippen LogP contribution in [0.4, 0.5) is 0 Å². The van der Waals surface area contributed by atoms with Crippen molar-refractivity contribution in [2.24, 2.45) is 4.99 Å². The van der Waals surface area contributed by atoms with E-state index in [9.17, 15) is 4.79 Å². The molecule has 0 aromatic heterocycles. The lowest BCUT2D eigenvalue weighted by atomic mass is 10.00. The Hall–Kier alpha value is -1.55. The van der Waals surface area contributed by atoms with Crippen LogP contribution in [-0.2, 0) is 4.74 Å². The maximum Gasteiger partial charge on any atom is 0.285 e. The number of nitrogens with zero attached hydrogens (tertiary/aromatic N) is 1. The molecule has 1 aromatic carbocycles. The zero-order chi connectivity index (χ0) is 17.4. The van der Waals surface area contributed by atoms with Gasteiger partial charge in [0.25, 0.3) is 5.91 Å². The molecule has 5 atom stereocenters. The van der Waals surface area contributed by atoms with Crippen molar-refractivity contribution in [3.63, 3.8) is 0 Å². The number of amides is 1. The van der Waals surface area contributed by atoms with Crippen LogP contribution >= 0.6 is 12.2 Å². The lowest BCUT2D eigenvalue weighted by Crippen LogP contribution is -2.58. The molecule has 23 heavy (non-hydrogen) atoms. The second kappa shape index (κ2) is 9.56. The Balaban J connectivity index is 0.000000231. The van der Waals surface area contributed by atoms with Gasteiger partial charge in [-0.2, -0.15) is 4.99 Å². The van der Waals surface area contributed by atoms with Crippen molar-refractivity contribution in [3.05, 3.63) is 35.9 Å². The first-order chi connectivity index (χ1) is 10.9. The van der Waals surface area contributed by atoms with Crippen LogP contribution in [0.2, 0.25) is 0 Å². The second-order valence-corrected chi connectivity index (χ2v) is 4.78. The number of aliphatic hydroxyl groups excluding tert-OH is 5. The number of hydrogen-bond donors (Lipinski definition) is 5. The van der Waals surface area contributed by atoms with Crippen LogP contribution < -0.4 is 0 Å². The minimum Gasteiger partial charge on any atom is -0.394 e. The van der Waals surface area contributed by atoms with Gasteiger partial charge in [-0.25, -0.2) is 0 Å². The number of rotatable bonds is 2. The molecule has 2 rings (SSSR count). The van der Waals surface area contributed by atoms with Gasteiger partial charge < -0.3 is 30.3 Å². The smallest absolute Gasteiger partial charge is 0.285 e. The summed E-state index contributed by atoms with van der Waals surface area (Å²) >= 11 is 4.29. The predicted molar refractivity (Wildman–Crippen MR) is 81.8 cm³/mol. The van der Waals surface area contributed by atoms with Gasteiger partial charge in [0.2, 0.25) is 0 Å². The highest BCUT2D eigenvalue weighted by Crippen LogP contribution is 2.18. The van der Waals surface area contributed by atoms with Gasteiger partial charge >= 0.3 is 0 Å². The first kappa shape index (κ1) is 19.5. The molecule has 5 N–H and O–H groups in total. The second-order valence-electron chi connectivity index (χ2n) is 4.59. The normalized spacial score (nSPS) is 29.7. The molecule has 0 aliphatic carbocycles. The maximum atomic E-state index is 10.9. The van der Waals surface area contributed by atoms with Crippen molar-refractivity contribution >= 4 is 23.3 Å². The number of ether oxygens (including phenoxy) is 1. The number of carbonyl (C=O) groups is 1. The van der Waals surface area contributed by atoms with E-state index in [4.69, 9.17) is 25.5 Å². The standard InChI is InChI=1S/C8H5NOS.C6H12O6/c10-8(9-6-11)7-4-2-1-3-5-7;7-1-2-3(8)4(9)5(10)6(11)12-2/h1-5H;2-11H,1H2/t;2-,3-,4+,5-,6?/m.1/s1. The molecule has 1 aliphatic rings. The third-order valence-electron chi connectivity index (χ3n) is 3.03. The van der Waals surface area contributed by atoms with Crippen LogP contribution in [0.1, 0.15) is 10.4 Å². The largest absolute Gasteiger partial charge is 0.394 e. The molecule has 1 saturated heterocycles. The summed E-state index contributed by atoms with van der Waals surface area (Å²) in [6.45, 7) is -0.526. The predicted octanol–water partition coefficient (Wildman–Crippen LogP) is -1.29. The molecule has 0 spiro atoms. The van der Waals surface area contributed by atoms with Gasteiger partial charge in [-0.3, -0.25) is 4.79 Å². The van der Waals surface area contributed by atoms with Crippen LogP contribution in [-0.4, -0.2) is 73.9 Å². The zero-order valence-corrected chi connectivity index (χ0v) is 12.7. The average Bonchev–Trinajstić information content (AvgIpc) is 2.58. The zero-order valence-electron chi connectivity index (χ0n) is 11.9. The lowest BCUT2D eigenvalue weighted by Gasteiger charge is -2.37. The van der Waals surface area contributed by atoms with Crippen molar-refractivity contribution in [1.82, 2.24) is 0 Å². The quantitative estimate of drug-likeness (QED) is 0.330. The van der Waals surface area contributed by atoms with E-state index in [0.29, 0.717) is 5.56 Å². The summed E-state index contributed by atoms with van der Waals surface area (Å²) in [6.07, 6.45) is -7.04. The van der Waals surface area contributed by atoms with Crippen LogP contribution in [0.3, 0.4) is 0 Å². The van der Waals surface area contributed by atoms with Crippen molar-refractivity contribution in [3.8, 4) is 0 Å². The third-order valence-corrected chi connectivity index (χ3v) is 3.13. The van der Waals surface area contributed by atoms with Crippen LogP contribution in [0.25, 0.3) is 0 Å². The van der Waals surface area contributed by atoms with E-state index in [1.165, 1.54) is 0 Å². The van der Waals surface area contributed by atoms with E-state index in [-0.39, 0.29) is 5.91 Å². The summed E-state index contributed by atoms with van der Waals surface area (Å²) in [5, 5.41) is 46.7. The summed E-state index contributed by atoms with van der Waals surface area (Å²) in [4.78, 5) is 14.3. The molecule has 1 aliphatic heterocycles. The molecule has 1 aromatic rings. The van der Waals surface area contributed by atoms with E-state index in [2.05, 4.69) is 21.9 Å². The Morgan fingerprint density at radius 2 is 1.74 bits per heavy atom. The molecular weight excluding hydrogens is 326 g/mol. The van der Waals surface area contributed by atoms with Crippen molar-refractivity contribution in [1.29, 1.82) is 0 Å². The molecule has 1 heterocycles.